The number of hydrogen-bond acceptors (Lipinski definition) is 6. The highest BCUT2D eigenvalue weighted by Crippen LogP contribution is 2.33. The summed E-state index contributed by atoms with van der Waals surface area (Å²) in [6, 6.07) is 0. The van der Waals surface area contributed by atoms with Crippen LogP contribution < -0.4 is 5.32 Å². The number of rotatable bonds is 4. The molecule has 1 saturated heterocycles. The second kappa shape index (κ2) is 6.86. The normalized spacial score (nSPS) is 23.6. The second-order valence-electron chi connectivity index (χ2n) is 6.71. The second-order valence-corrected chi connectivity index (χ2v) is 7.79. The lowest BCUT2D eigenvalue weighted by atomic mass is 9.92. The van der Waals surface area contributed by atoms with Gasteiger partial charge in [0.2, 0.25) is 5.91 Å². The fourth-order valence-electron chi connectivity index (χ4n) is 3.61. The lowest BCUT2D eigenvalue weighted by Gasteiger charge is -2.15. The SMILES string of the molecule is CCN1C[C@@H](C(=O)Nc2nc3c(s2)COCC3)[C@H](c2cn(C)cn2)C1. The van der Waals surface area contributed by atoms with Gasteiger partial charge in [0, 0.05) is 38.7 Å². The van der Waals surface area contributed by atoms with Crippen LogP contribution in [0.25, 0.3) is 0 Å². The lowest BCUT2D eigenvalue weighted by Crippen LogP contribution is -2.29. The average molecular weight is 361 g/mol. The predicted molar refractivity (Wildman–Crippen MR) is 95.7 cm³/mol. The zero-order valence-corrected chi connectivity index (χ0v) is 15.4. The number of hydrogen-bond donors (Lipinski definition) is 1. The van der Waals surface area contributed by atoms with Gasteiger partial charge in [-0.1, -0.05) is 18.3 Å². The van der Waals surface area contributed by atoms with E-state index in [9.17, 15) is 4.79 Å². The summed E-state index contributed by atoms with van der Waals surface area (Å²) in [6.45, 7) is 6.01. The largest absolute Gasteiger partial charge is 0.375 e. The van der Waals surface area contributed by atoms with Gasteiger partial charge in [0.1, 0.15) is 0 Å². The first-order valence-electron chi connectivity index (χ1n) is 8.71. The Morgan fingerprint density at radius 1 is 1.48 bits per heavy atom. The summed E-state index contributed by atoms with van der Waals surface area (Å²) in [5.74, 6) is 0.0599. The van der Waals surface area contributed by atoms with E-state index in [-0.39, 0.29) is 17.7 Å². The van der Waals surface area contributed by atoms with Gasteiger partial charge in [-0.05, 0) is 6.54 Å². The molecule has 4 rings (SSSR count). The van der Waals surface area contributed by atoms with Crippen LogP contribution in [0.2, 0.25) is 0 Å². The number of aromatic nitrogens is 3. The first-order valence-corrected chi connectivity index (χ1v) is 9.53. The van der Waals surface area contributed by atoms with Crippen LogP contribution in [-0.4, -0.2) is 51.6 Å². The van der Waals surface area contributed by atoms with Crippen molar-refractivity contribution in [2.45, 2.75) is 25.9 Å². The summed E-state index contributed by atoms with van der Waals surface area (Å²) < 4.78 is 7.40. The number of aryl methyl sites for hydroxylation is 1. The fraction of sp³-hybridized carbons (Fsp3) is 0.588. The number of likely N-dealkylation sites (N-methyl/N-ethyl adjacent to an activating group) is 1. The van der Waals surface area contributed by atoms with Crippen molar-refractivity contribution in [2.75, 3.05) is 31.6 Å². The number of nitrogens with zero attached hydrogens (tertiary/aromatic N) is 4. The molecular weight excluding hydrogens is 338 g/mol. The molecule has 0 bridgehead atoms. The molecule has 8 heteroatoms. The van der Waals surface area contributed by atoms with Gasteiger partial charge in [0.05, 0.1) is 41.7 Å². The number of ether oxygens (including phenoxy) is 1. The van der Waals surface area contributed by atoms with Crippen molar-refractivity contribution >= 4 is 22.4 Å². The van der Waals surface area contributed by atoms with Gasteiger partial charge in [-0.15, -0.1) is 0 Å². The molecule has 0 unspecified atom stereocenters. The Morgan fingerprint density at radius 3 is 3.08 bits per heavy atom. The van der Waals surface area contributed by atoms with Crippen molar-refractivity contribution in [1.82, 2.24) is 19.4 Å². The summed E-state index contributed by atoms with van der Waals surface area (Å²) >= 11 is 1.53. The van der Waals surface area contributed by atoms with E-state index < -0.39 is 0 Å². The number of likely N-dealkylation sites (tertiary alicyclic amines) is 1. The van der Waals surface area contributed by atoms with Crippen molar-refractivity contribution in [3.63, 3.8) is 0 Å². The number of anilines is 1. The molecule has 0 spiro atoms. The Balaban J connectivity index is 1.51. The highest BCUT2D eigenvalue weighted by molar-refractivity contribution is 7.15. The minimum atomic E-state index is -0.105. The quantitative estimate of drug-likeness (QED) is 0.896. The molecule has 0 saturated carbocycles. The smallest absolute Gasteiger partial charge is 0.231 e. The monoisotopic (exact) mass is 361 g/mol. The molecule has 2 aliphatic heterocycles. The molecule has 2 atom stereocenters. The van der Waals surface area contributed by atoms with E-state index in [0.717, 1.165) is 42.3 Å². The van der Waals surface area contributed by atoms with E-state index in [1.54, 1.807) is 6.33 Å². The van der Waals surface area contributed by atoms with Crippen molar-refractivity contribution in [1.29, 1.82) is 0 Å². The van der Waals surface area contributed by atoms with Crippen LogP contribution in [0, 0.1) is 5.92 Å². The molecule has 4 heterocycles. The van der Waals surface area contributed by atoms with Crippen LogP contribution in [0.3, 0.4) is 0 Å². The minimum absolute atomic E-state index is 0.0404. The van der Waals surface area contributed by atoms with Crippen molar-refractivity contribution in [2.24, 2.45) is 13.0 Å². The van der Waals surface area contributed by atoms with Gasteiger partial charge in [-0.2, -0.15) is 0 Å². The van der Waals surface area contributed by atoms with E-state index in [4.69, 9.17) is 4.74 Å². The Morgan fingerprint density at radius 2 is 2.36 bits per heavy atom. The van der Waals surface area contributed by atoms with Crippen LogP contribution in [0.4, 0.5) is 5.13 Å². The third-order valence-corrected chi connectivity index (χ3v) is 6.00. The molecule has 2 aliphatic rings. The molecule has 1 fully saturated rings. The summed E-state index contributed by atoms with van der Waals surface area (Å²) in [4.78, 5) is 25.4. The average Bonchev–Trinajstić information content (AvgIpc) is 3.30. The topological polar surface area (TPSA) is 72.3 Å². The molecule has 2 aromatic rings. The van der Waals surface area contributed by atoms with Crippen LogP contribution in [-0.2, 0) is 29.6 Å². The van der Waals surface area contributed by atoms with E-state index in [0.29, 0.717) is 18.3 Å². The first kappa shape index (κ1) is 16.7. The third kappa shape index (κ3) is 3.33. The highest BCUT2D eigenvalue weighted by atomic mass is 32.1. The molecule has 7 nitrogen and oxygen atoms in total. The summed E-state index contributed by atoms with van der Waals surface area (Å²) in [6.07, 6.45) is 4.64. The number of nitrogens with one attached hydrogen (secondary N) is 1. The molecule has 2 aromatic heterocycles. The maximum absolute atomic E-state index is 12.9. The molecular formula is C17H23N5O2S. The Bertz CT molecular complexity index is 747. The van der Waals surface area contributed by atoms with Crippen LogP contribution >= 0.6 is 11.3 Å². The molecule has 134 valence electrons. The molecule has 0 aromatic carbocycles. The summed E-state index contributed by atoms with van der Waals surface area (Å²) in [5, 5.41) is 3.73. The van der Waals surface area contributed by atoms with Gasteiger partial charge in [0.25, 0.3) is 0 Å². The van der Waals surface area contributed by atoms with Gasteiger partial charge in [0.15, 0.2) is 5.13 Å². The first-order chi connectivity index (χ1) is 12.1. The van der Waals surface area contributed by atoms with Crippen molar-refractivity contribution in [3.8, 4) is 0 Å². The van der Waals surface area contributed by atoms with Gasteiger partial charge in [-0.3, -0.25) is 4.79 Å². The molecule has 25 heavy (non-hydrogen) atoms. The standard InChI is InChI=1S/C17H23N5O2S/c1-3-22-6-11(14-8-21(2)10-18-14)12(7-22)16(23)20-17-19-13-4-5-24-9-15(13)25-17/h8,10-12H,3-7,9H2,1-2H3,(H,19,20,23)/t11-,12-/m1/s1. The number of carbonyl (C=O) groups excluding carboxylic acids is 1. The van der Waals surface area contributed by atoms with Crippen molar-refractivity contribution < 1.29 is 9.53 Å². The summed E-state index contributed by atoms with van der Waals surface area (Å²) in [5.41, 5.74) is 2.06. The van der Waals surface area contributed by atoms with Crippen LogP contribution in [0.5, 0.6) is 0 Å². The molecule has 1 N–H and O–H groups in total. The molecule has 1 amide bonds. The molecule has 0 radical (unpaired) electrons. The van der Waals surface area contributed by atoms with Gasteiger partial charge >= 0.3 is 0 Å². The van der Waals surface area contributed by atoms with Crippen LogP contribution in [0.15, 0.2) is 12.5 Å². The van der Waals surface area contributed by atoms with Gasteiger partial charge in [-0.25, -0.2) is 9.97 Å². The highest BCUT2D eigenvalue weighted by Gasteiger charge is 2.39. The predicted octanol–water partition coefficient (Wildman–Crippen LogP) is 1.62. The zero-order valence-electron chi connectivity index (χ0n) is 14.6. The number of amides is 1. The fourth-order valence-corrected chi connectivity index (χ4v) is 4.56. The maximum Gasteiger partial charge on any atom is 0.231 e. The Kier molecular flexibility index (Phi) is 4.58. The maximum atomic E-state index is 12.9. The number of thiazole rings is 1. The van der Waals surface area contributed by atoms with E-state index in [1.165, 1.54) is 11.3 Å². The zero-order chi connectivity index (χ0) is 17.4. The van der Waals surface area contributed by atoms with Crippen LogP contribution in [0.1, 0.15) is 29.1 Å². The number of imidazole rings is 1. The van der Waals surface area contributed by atoms with Crippen molar-refractivity contribution in [3.05, 3.63) is 28.8 Å². The summed E-state index contributed by atoms with van der Waals surface area (Å²) in [7, 11) is 1.96. The van der Waals surface area contributed by atoms with E-state index in [1.807, 2.05) is 17.8 Å². The lowest BCUT2D eigenvalue weighted by molar-refractivity contribution is -0.119. The number of fused-ring (bicyclic) bond motifs is 1. The number of carbonyl (C=O) groups is 1. The Hall–Kier alpha value is -1.77. The third-order valence-electron chi connectivity index (χ3n) is 5.01. The van der Waals surface area contributed by atoms with E-state index >= 15 is 0 Å². The van der Waals surface area contributed by atoms with Gasteiger partial charge < -0.3 is 19.5 Å². The minimum Gasteiger partial charge on any atom is -0.375 e. The Labute approximate surface area is 151 Å². The molecule has 0 aliphatic carbocycles. The van der Waals surface area contributed by atoms with E-state index in [2.05, 4.69) is 27.1 Å².